The normalized spacial score (nSPS) is 12.0. The molecule has 15 heavy (non-hydrogen) atoms. The van der Waals surface area contributed by atoms with Crippen molar-refractivity contribution >= 4 is 26.8 Å². The minimum absolute atomic E-state index is 0.379. The summed E-state index contributed by atoms with van der Waals surface area (Å²) in [4.78, 5) is 4.48. The fourth-order valence-electron chi connectivity index (χ4n) is 1.54. The molecule has 3 heteroatoms. The Morgan fingerprint density at radius 2 is 1.93 bits per heavy atom. The summed E-state index contributed by atoms with van der Waals surface area (Å²) >= 11 is 3.46. The Morgan fingerprint density at radius 3 is 2.60 bits per heavy atom. The highest BCUT2D eigenvalue weighted by Crippen LogP contribution is 2.27. The number of nitrogens with zero attached hydrogens (tertiary/aromatic N) is 1. The van der Waals surface area contributed by atoms with Gasteiger partial charge in [0.25, 0.3) is 0 Å². The number of pyridine rings is 1. The minimum atomic E-state index is -0.379. The molecule has 0 saturated heterocycles. The van der Waals surface area contributed by atoms with E-state index in [0.717, 1.165) is 21.1 Å². The number of aromatic nitrogens is 1. The molecule has 0 bridgehead atoms. The third-order valence-corrected chi connectivity index (χ3v) is 2.98. The number of nitrogens with two attached hydrogens (primary N) is 1. The van der Waals surface area contributed by atoms with Gasteiger partial charge in [0.05, 0.1) is 5.52 Å². The lowest BCUT2D eigenvalue weighted by Crippen LogP contribution is -2.29. The lowest BCUT2D eigenvalue weighted by atomic mass is 9.96. The van der Waals surface area contributed by atoms with Crippen molar-refractivity contribution in [1.82, 2.24) is 4.98 Å². The molecule has 0 aliphatic rings. The van der Waals surface area contributed by atoms with Gasteiger partial charge in [-0.2, -0.15) is 0 Å². The third kappa shape index (κ3) is 2.03. The summed E-state index contributed by atoms with van der Waals surface area (Å²) in [5.74, 6) is 0. The molecule has 78 valence electrons. The van der Waals surface area contributed by atoms with E-state index in [1.54, 1.807) is 0 Å². The third-order valence-electron chi connectivity index (χ3n) is 2.37. The zero-order valence-electron chi connectivity index (χ0n) is 8.79. The summed E-state index contributed by atoms with van der Waals surface area (Å²) < 4.78 is 0.828. The maximum atomic E-state index is 6.08. The van der Waals surface area contributed by atoms with Gasteiger partial charge in [-0.15, -0.1) is 0 Å². The zero-order chi connectivity index (χ0) is 11.1. The maximum Gasteiger partial charge on any atom is 0.111 e. The van der Waals surface area contributed by atoms with Crippen molar-refractivity contribution in [2.45, 2.75) is 19.4 Å². The van der Waals surface area contributed by atoms with Crippen LogP contribution in [0.25, 0.3) is 10.9 Å². The van der Waals surface area contributed by atoms with E-state index in [9.17, 15) is 0 Å². The number of hydrogen-bond acceptors (Lipinski definition) is 2. The molecule has 0 spiro atoms. The molecule has 0 radical (unpaired) electrons. The molecule has 2 nitrogen and oxygen atoms in total. The molecule has 0 amide bonds. The SMILES string of the molecule is CC(C)(N)c1cc2ccccc2nc1Br. The highest BCUT2D eigenvalue weighted by molar-refractivity contribution is 9.10. The molecule has 0 saturated carbocycles. The van der Waals surface area contributed by atoms with Gasteiger partial charge in [0.1, 0.15) is 4.60 Å². The van der Waals surface area contributed by atoms with Crippen LogP contribution in [0.2, 0.25) is 0 Å². The number of rotatable bonds is 1. The molecule has 0 fully saturated rings. The smallest absolute Gasteiger partial charge is 0.111 e. The number of fused-ring (bicyclic) bond motifs is 1. The molecule has 1 heterocycles. The number of para-hydroxylation sites is 1. The predicted octanol–water partition coefficient (Wildman–Crippen LogP) is 3.19. The van der Waals surface area contributed by atoms with Gasteiger partial charge in [0.2, 0.25) is 0 Å². The summed E-state index contributed by atoms with van der Waals surface area (Å²) in [5, 5.41) is 1.12. The minimum Gasteiger partial charge on any atom is -0.322 e. The van der Waals surface area contributed by atoms with E-state index in [-0.39, 0.29) is 5.54 Å². The summed E-state index contributed by atoms with van der Waals surface area (Å²) in [6, 6.07) is 10.1. The molecule has 0 unspecified atom stereocenters. The fraction of sp³-hybridized carbons (Fsp3) is 0.250. The van der Waals surface area contributed by atoms with Gasteiger partial charge in [-0.25, -0.2) is 4.98 Å². The van der Waals surface area contributed by atoms with Crippen molar-refractivity contribution in [2.24, 2.45) is 5.73 Å². The Bertz CT molecular complexity index is 500. The molecule has 1 aromatic heterocycles. The van der Waals surface area contributed by atoms with Crippen molar-refractivity contribution in [1.29, 1.82) is 0 Å². The van der Waals surface area contributed by atoms with Crippen LogP contribution in [0, 0.1) is 0 Å². The predicted molar refractivity (Wildman–Crippen MR) is 66.7 cm³/mol. The van der Waals surface area contributed by atoms with Crippen LogP contribution in [0.3, 0.4) is 0 Å². The Labute approximate surface area is 97.6 Å². The van der Waals surface area contributed by atoms with E-state index in [2.05, 4.69) is 27.0 Å². The zero-order valence-corrected chi connectivity index (χ0v) is 10.4. The van der Waals surface area contributed by atoms with Gasteiger partial charge in [0, 0.05) is 16.5 Å². The highest BCUT2D eigenvalue weighted by Gasteiger charge is 2.18. The molecule has 0 aliphatic heterocycles. The van der Waals surface area contributed by atoms with E-state index < -0.39 is 0 Å². The molecule has 2 rings (SSSR count). The van der Waals surface area contributed by atoms with Gasteiger partial charge in [-0.05, 0) is 41.9 Å². The van der Waals surface area contributed by atoms with Crippen LogP contribution >= 0.6 is 15.9 Å². The summed E-state index contributed by atoms with van der Waals surface area (Å²) in [6.07, 6.45) is 0. The van der Waals surface area contributed by atoms with Gasteiger partial charge >= 0.3 is 0 Å². The number of halogens is 1. The first-order chi connectivity index (χ1) is 6.98. The topological polar surface area (TPSA) is 38.9 Å². The van der Waals surface area contributed by atoms with E-state index in [0.29, 0.717) is 0 Å². The second-order valence-electron chi connectivity index (χ2n) is 4.24. The monoisotopic (exact) mass is 264 g/mol. The average Bonchev–Trinajstić information content (AvgIpc) is 2.15. The van der Waals surface area contributed by atoms with Crippen molar-refractivity contribution in [3.05, 3.63) is 40.5 Å². The van der Waals surface area contributed by atoms with Gasteiger partial charge in [0.15, 0.2) is 0 Å². The molecule has 0 aliphatic carbocycles. The summed E-state index contributed by atoms with van der Waals surface area (Å²) in [5.41, 5.74) is 7.71. The molecular weight excluding hydrogens is 252 g/mol. The van der Waals surface area contributed by atoms with E-state index >= 15 is 0 Å². The van der Waals surface area contributed by atoms with Gasteiger partial charge < -0.3 is 5.73 Å². The van der Waals surface area contributed by atoms with E-state index in [4.69, 9.17) is 5.73 Å². The van der Waals surface area contributed by atoms with E-state index in [1.807, 2.05) is 38.1 Å². The Hall–Kier alpha value is -0.930. The van der Waals surface area contributed by atoms with E-state index in [1.165, 1.54) is 0 Å². The lowest BCUT2D eigenvalue weighted by Gasteiger charge is -2.20. The first-order valence-electron chi connectivity index (χ1n) is 4.83. The van der Waals surface area contributed by atoms with Crippen LogP contribution in [0.15, 0.2) is 34.9 Å². The Balaban J connectivity index is 2.73. The van der Waals surface area contributed by atoms with Crippen LogP contribution in [0.1, 0.15) is 19.4 Å². The molecule has 1 aromatic carbocycles. The van der Waals surface area contributed by atoms with Crippen molar-refractivity contribution in [2.75, 3.05) is 0 Å². The van der Waals surface area contributed by atoms with Crippen LogP contribution in [0.5, 0.6) is 0 Å². The molecule has 2 aromatic rings. The molecule has 0 atom stereocenters. The number of benzene rings is 1. The molecule has 2 N–H and O–H groups in total. The quantitative estimate of drug-likeness (QED) is 0.804. The summed E-state index contributed by atoms with van der Waals surface area (Å²) in [7, 11) is 0. The van der Waals surface area contributed by atoms with Crippen LogP contribution < -0.4 is 5.73 Å². The largest absolute Gasteiger partial charge is 0.322 e. The Morgan fingerprint density at radius 1 is 1.27 bits per heavy atom. The van der Waals surface area contributed by atoms with Crippen LogP contribution in [-0.4, -0.2) is 4.98 Å². The first kappa shape index (κ1) is 10.6. The standard InChI is InChI=1S/C12H13BrN2/c1-12(2,14)9-7-8-5-3-4-6-10(8)15-11(9)13/h3-7H,14H2,1-2H3. The van der Waals surface area contributed by atoms with Crippen molar-refractivity contribution in [3.8, 4) is 0 Å². The average molecular weight is 265 g/mol. The highest BCUT2D eigenvalue weighted by atomic mass is 79.9. The summed E-state index contributed by atoms with van der Waals surface area (Å²) in [6.45, 7) is 3.95. The van der Waals surface area contributed by atoms with Crippen molar-refractivity contribution in [3.63, 3.8) is 0 Å². The Kier molecular flexibility index (Phi) is 2.52. The van der Waals surface area contributed by atoms with Gasteiger partial charge in [-0.1, -0.05) is 18.2 Å². The van der Waals surface area contributed by atoms with Crippen molar-refractivity contribution < 1.29 is 0 Å². The maximum absolute atomic E-state index is 6.08. The van der Waals surface area contributed by atoms with Crippen LogP contribution in [-0.2, 0) is 5.54 Å². The first-order valence-corrected chi connectivity index (χ1v) is 5.62. The lowest BCUT2D eigenvalue weighted by molar-refractivity contribution is 0.550. The second-order valence-corrected chi connectivity index (χ2v) is 4.99. The molecular formula is C12H13BrN2. The number of hydrogen-bond donors (Lipinski definition) is 1. The van der Waals surface area contributed by atoms with Gasteiger partial charge in [-0.3, -0.25) is 0 Å². The fourth-order valence-corrected chi connectivity index (χ4v) is 2.36. The second kappa shape index (κ2) is 3.58. The van der Waals surface area contributed by atoms with Crippen LogP contribution in [0.4, 0.5) is 0 Å².